The number of pyridine rings is 1. The Morgan fingerprint density at radius 3 is 2.38 bits per heavy atom. The number of nitrogens with zero attached hydrogens (tertiary/aromatic N) is 2. The predicted octanol–water partition coefficient (Wildman–Crippen LogP) is 3.19. The SMILES string of the molecule is CS(=O)(=O)c1ccc(-n2ccc(OC3CCN(C(=O)[O-])C(c4cccc(C(F)(F)F)c4)C3)cc2=O)cc1. The van der Waals surface area contributed by atoms with E-state index in [1.165, 1.54) is 59.3 Å². The van der Waals surface area contributed by atoms with E-state index in [-0.39, 0.29) is 35.6 Å². The van der Waals surface area contributed by atoms with E-state index in [2.05, 4.69) is 0 Å². The molecule has 2 aromatic carbocycles. The van der Waals surface area contributed by atoms with Crippen LogP contribution in [0.4, 0.5) is 18.0 Å². The van der Waals surface area contributed by atoms with Crippen molar-refractivity contribution in [3.05, 3.63) is 88.3 Å². The molecule has 4 rings (SSSR count). The maximum Gasteiger partial charge on any atom is 0.416 e. The molecule has 0 N–H and O–H groups in total. The summed E-state index contributed by atoms with van der Waals surface area (Å²) in [4.78, 5) is 25.4. The Morgan fingerprint density at radius 2 is 1.78 bits per heavy atom. The number of carbonyl (C=O) groups excluding carboxylic acids is 1. The lowest BCUT2D eigenvalue weighted by Gasteiger charge is -2.41. The number of alkyl halides is 3. The quantitative estimate of drug-likeness (QED) is 0.497. The lowest BCUT2D eigenvalue weighted by atomic mass is 9.92. The van der Waals surface area contributed by atoms with Crippen LogP contribution in [0.5, 0.6) is 5.75 Å². The topological polar surface area (TPSA) is 109 Å². The monoisotopic (exact) mass is 535 g/mol. The van der Waals surface area contributed by atoms with Gasteiger partial charge in [-0.15, -0.1) is 0 Å². The lowest BCUT2D eigenvalue weighted by Crippen LogP contribution is -2.49. The second-order valence-corrected chi connectivity index (χ2v) is 10.7. The maximum absolute atomic E-state index is 13.2. The number of hydrogen-bond acceptors (Lipinski definition) is 6. The number of aromatic nitrogens is 1. The van der Waals surface area contributed by atoms with Crippen molar-refractivity contribution >= 4 is 15.9 Å². The Balaban J connectivity index is 1.54. The molecule has 1 fully saturated rings. The molecule has 0 radical (unpaired) electrons. The van der Waals surface area contributed by atoms with Gasteiger partial charge in [-0.2, -0.15) is 13.2 Å². The molecule has 0 saturated carbocycles. The van der Waals surface area contributed by atoms with Gasteiger partial charge in [0.25, 0.3) is 5.56 Å². The van der Waals surface area contributed by atoms with Gasteiger partial charge in [-0.05, 0) is 48.0 Å². The van der Waals surface area contributed by atoms with Crippen molar-refractivity contribution in [2.75, 3.05) is 12.8 Å². The summed E-state index contributed by atoms with van der Waals surface area (Å²) >= 11 is 0. The van der Waals surface area contributed by atoms with Gasteiger partial charge in [0.2, 0.25) is 0 Å². The molecule has 1 aliphatic heterocycles. The minimum atomic E-state index is -4.58. The minimum absolute atomic E-state index is 0.0162. The Kier molecular flexibility index (Phi) is 7.05. The number of rotatable bonds is 5. The number of ether oxygens (including phenoxy) is 1. The van der Waals surface area contributed by atoms with Crippen molar-refractivity contribution in [2.24, 2.45) is 0 Å². The summed E-state index contributed by atoms with van der Waals surface area (Å²) in [5, 5.41) is 11.7. The summed E-state index contributed by atoms with van der Waals surface area (Å²) in [5.41, 5.74) is -0.734. The van der Waals surface area contributed by atoms with Crippen LogP contribution in [0.3, 0.4) is 0 Å². The van der Waals surface area contributed by atoms with Crippen molar-refractivity contribution < 1.29 is 36.2 Å². The van der Waals surface area contributed by atoms with Crippen LogP contribution < -0.4 is 15.4 Å². The van der Waals surface area contributed by atoms with E-state index in [0.29, 0.717) is 5.69 Å². The molecule has 2 unspecified atom stereocenters. The van der Waals surface area contributed by atoms with Crippen molar-refractivity contribution in [1.82, 2.24) is 9.47 Å². The van der Waals surface area contributed by atoms with Crippen LogP contribution in [-0.2, 0) is 16.0 Å². The molecule has 0 spiro atoms. The molecule has 2 heterocycles. The van der Waals surface area contributed by atoms with Gasteiger partial charge in [0, 0.05) is 43.6 Å². The van der Waals surface area contributed by atoms with E-state index in [1.807, 2.05) is 0 Å². The van der Waals surface area contributed by atoms with Gasteiger partial charge >= 0.3 is 6.18 Å². The fraction of sp³-hybridized carbons (Fsp3) is 0.280. The van der Waals surface area contributed by atoms with Crippen LogP contribution in [0.15, 0.2) is 76.6 Å². The van der Waals surface area contributed by atoms with Crippen LogP contribution in [0.2, 0.25) is 0 Å². The molecule has 196 valence electrons. The molecule has 0 bridgehead atoms. The highest BCUT2D eigenvalue weighted by Gasteiger charge is 2.34. The van der Waals surface area contributed by atoms with Crippen LogP contribution in [0.1, 0.15) is 30.0 Å². The number of halogens is 3. The number of hydrogen-bond donors (Lipinski definition) is 0. The second kappa shape index (κ2) is 9.92. The van der Waals surface area contributed by atoms with Crippen LogP contribution in [0, 0.1) is 0 Å². The molecule has 0 aliphatic carbocycles. The molecule has 3 aromatic rings. The van der Waals surface area contributed by atoms with E-state index >= 15 is 0 Å². The first-order chi connectivity index (χ1) is 17.3. The smallest absolute Gasteiger partial charge is 0.416 e. The molecule has 8 nitrogen and oxygen atoms in total. The zero-order valence-electron chi connectivity index (χ0n) is 19.5. The average Bonchev–Trinajstić information content (AvgIpc) is 2.83. The Morgan fingerprint density at radius 1 is 1.08 bits per heavy atom. The van der Waals surface area contributed by atoms with Gasteiger partial charge in [0.1, 0.15) is 17.9 Å². The average molecular weight is 536 g/mol. The summed E-state index contributed by atoms with van der Waals surface area (Å²) in [6, 6.07) is 12.1. The standard InChI is InChI=1S/C25H23F3N2O6S/c1-37(34,35)21-7-5-18(6-8-21)29-11-9-20(15-23(29)31)36-19-10-12-30(24(32)33)22(14-19)16-3-2-4-17(13-16)25(26,27)28/h2-9,11,13,15,19,22H,10,12,14H2,1H3,(H,32,33)/p-1. The molecule has 2 atom stereocenters. The normalized spacial score (nSPS) is 18.4. The van der Waals surface area contributed by atoms with Crippen LogP contribution >= 0.6 is 0 Å². The summed E-state index contributed by atoms with van der Waals surface area (Å²) in [5.74, 6) is 0.212. The van der Waals surface area contributed by atoms with Gasteiger partial charge in [0.15, 0.2) is 9.84 Å². The van der Waals surface area contributed by atoms with Crippen LogP contribution in [-0.4, -0.2) is 42.9 Å². The fourth-order valence-electron chi connectivity index (χ4n) is 4.29. The van der Waals surface area contributed by atoms with E-state index < -0.39 is 45.4 Å². The zero-order chi connectivity index (χ0) is 27.0. The highest BCUT2D eigenvalue weighted by molar-refractivity contribution is 7.90. The molecule has 12 heteroatoms. The van der Waals surface area contributed by atoms with E-state index in [9.17, 15) is 36.3 Å². The maximum atomic E-state index is 13.2. The number of sulfone groups is 1. The minimum Gasteiger partial charge on any atom is -0.530 e. The van der Waals surface area contributed by atoms with Crippen LogP contribution in [0.25, 0.3) is 5.69 Å². The third kappa shape index (κ3) is 5.96. The van der Waals surface area contributed by atoms with E-state index in [4.69, 9.17) is 4.74 Å². The number of likely N-dealkylation sites (tertiary alicyclic amines) is 1. The molecule has 1 amide bonds. The molecular weight excluding hydrogens is 513 g/mol. The number of benzene rings is 2. The summed E-state index contributed by atoms with van der Waals surface area (Å²) in [6.45, 7) is -0.0162. The highest BCUT2D eigenvalue weighted by atomic mass is 32.2. The predicted molar refractivity (Wildman–Crippen MR) is 125 cm³/mol. The highest BCUT2D eigenvalue weighted by Crippen LogP contribution is 2.36. The van der Waals surface area contributed by atoms with Crippen molar-refractivity contribution in [3.63, 3.8) is 0 Å². The van der Waals surface area contributed by atoms with Gasteiger partial charge in [-0.3, -0.25) is 9.36 Å². The zero-order valence-corrected chi connectivity index (χ0v) is 20.3. The molecule has 37 heavy (non-hydrogen) atoms. The Labute approximate surface area is 210 Å². The fourth-order valence-corrected chi connectivity index (χ4v) is 4.92. The molecule has 1 aliphatic rings. The molecule has 1 saturated heterocycles. The molecule has 1 aromatic heterocycles. The third-order valence-electron chi connectivity index (χ3n) is 6.12. The largest absolute Gasteiger partial charge is 0.530 e. The third-order valence-corrected chi connectivity index (χ3v) is 7.25. The summed E-state index contributed by atoms with van der Waals surface area (Å²) in [6.07, 6.45) is -3.81. The van der Waals surface area contributed by atoms with Crippen molar-refractivity contribution in [2.45, 2.75) is 36.1 Å². The van der Waals surface area contributed by atoms with Gasteiger partial charge in [-0.1, -0.05) is 12.1 Å². The van der Waals surface area contributed by atoms with E-state index in [1.54, 1.807) is 0 Å². The Hall–Kier alpha value is -3.80. The number of piperidine rings is 1. The van der Waals surface area contributed by atoms with Gasteiger partial charge in [-0.25, -0.2) is 8.42 Å². The first kappa shape index (κ1) is 26.3. The summed E-state index contributed by atoms with van der Waals surface area (Å²) in [7, 11) is -3.39. The number of amides is 1. The first-order valence-corrected chi connectivity index (χ1v) is 13.1. The van der Waals surface area contributed by atoms with E-state index in [0.717, 1.165) is 23.3 Å². The first-order valence-electron chi connectivity index (χ1n) is 11.2. The summed E-state index contributed by atoms with van der Waals surface area (Å²) < 4.78 is 70.1. The number of carboxylic acid groups (broad SMARTS) is 1. The van der Waals surface area contributed by atoms with Gasteiger partial charge in [0.05, 0.1) is 16.5 Å². The number of carbonyl (C=O) groups is 1. The Bertz CT molecular complexity index is 1470. The van der Waals surface area contributed by atoms with Crippen molar-refractivity contribution in [1.29, 1.82) is 0 Å². The second-order valence-electron chi connectivity index (χ2n) is 8.70. The lowest BCUT2D eigenvalue weighted by molar-refractivity contribution is -0.270. The molecular formula is C25H22F3N2O6S-. The van der Waals surface area contributed by atoms with Crippen molar-refractivity contribution in [3.8, 4) is 11.4 Å². The van der Waals surface area contributed by atoms with Gasteiger partial charge < -0.3 is 19.5 Å².